The average Bonchev–Trinajstić information content (AvgIpc) is 2.27. The summed E-state index contributed by atoms with van der Waals surface area (Å²) in [7, 11) is 0. The van der Waals surface area contributed by atoms with Crippen LogP contribution in [0.2, 0.25) is 0 Å². The van der Waals surface area contributed by atoms with Crippen molar-refractivity contribution in [3.63, 3.8) is 0 Å². The molecule has 0 aromatic rings. The van der Waals surface area contributed by atoms with E-state index in [9.17, 15) is 0 Å². The van der Waals surface area contributed by atoms with E-state index in [0.717, 1.165) is 18.4 Å². The molecular weight excluding hydrogens is 228 g/mol. The Morgan fingerprint density at radius 1 is 1.24 bits per heavy atom. The van der Waals surface area contributed by atoms with Crippen LogP contribution in [0.15, 0.2) is 4.99 Å². The van der Waals surface area contributed by atoms with Gasteiger partial charge in [0.25, 0.3) is 0 Å². The van der Waals surface area contributed by atoms with E-state index in [1.54, 1.807) is 0 Å². The van der Waals surface area contributed by atoms with Gasteiger partial charge in [-0.05, 0) is 31.6 Å². The molecule has 98 valence electrons. The molecule has 1 aliphatic heterocycles. The van der Waals surface area contributed by atoms with E-state index in [-0.39, 0.29) is 0 Å². The van der Waals surface area contributed by atoms with Crippen molar-refractivity contribution in [1.82, 2.24) is 5.32 Å². The molecule has 2 rings (SSSR count). The summed E-state index contributed by atoms with van der Waals surface area (Å²) < 4.78 is 0. The van der Waals surface area contributed by atoms with Crippen LogP contribution in [-0.4, -0.2) is 23.0 Å². The van der Waals surface area contributed by atoms with Crippen molar-refractivity contribution in [2.75, 3.05) is 6.54 Å². The number of hydrogen-bond donors (Lipinski definition) is 1. The average molecular weight is 254 g/mol. The Labute approximate surface area is 110 Å². The van der Waals surface area contributed by atoms with Gasteiger partial charge in [0.05, 0.1) is 0 Å². The quantitative estimate of drug-likeness (QED) is 0.813. The largest absolute Gasteiger partial charge is 0.362 e. The van der Waals surface area contributed by atoms with Crippen LogP contribution in [0.5, 0.6) is 0 Å². The van der Waals surface area contributed by atoms with Gasteiger partial charge in [-0.25, -0.2) is 0 Å². The Morgan fingerprint density at radius 3 is 2.71 bits per heavy atom. The Balaban J connectivity index is 1.86. The molecule has 3 heteroatoms. The molecule has 1 aliphatic carbocycles. The van der Waals surface area contributed by atoms with E-state index in [0.29, 0.717) is 11.3 Å². The van der Waals surface area contributed by atoms with E-state index in [1.165, 1.54) is 37.3 Å². The Morgan fingerprint density at radius 2 is 2.00 bits per heavy atom. The predicted octanol–water partition coefficient (Wildman–Crippen LogP) is 3.67. The third kappa shape index (κ3) is 3.90. The van der Waals surface area contributed by atoms with E-state index in [4.69, 9.17) is 4.99 Å². The van der Waals surface area contributed by atoms with Crippen LogP contribution in [0.3, 0.4) is 0 Å². The third-order valence-electron chi connectivity index (χ3n) is 4.13. The zero-order valence-electron chi connectivity index (χ0n) is 11.4. The lowest BCUT2D eigenvalue weighted by molar-refractivity contribution is 0.264. The highest BCUT2D eigenvalue weighted by atomic mass is 32.2. The monoisotopic (exact) mass is 254 g/mol. The van der Waals surface area contributed by atoms with Gasteiger partial charge >= 0.3 is 0 Å². The molecule has 0 aromatic carbocycles. The van der Waals surface area contributed by atoms with Crippen LogP contribution in [0.25, 0.3) is 0 Å². The summed E-state index contributed by atoms with van der Waals surface area (Å²) in [4.78, 5) is 4.83. The summed E-state index contributed by atoms with van der Waals surface area (Å²) in [6.45, 7) is 8.00. The summed E-state index contributed by atoms with van der Waals surface area (Å²) in [5.41, 5.74) is 0. The molecule has 1 saturated carbocycles. The molecule has 0 amide bonds. The van der Waals surface area contributed by atoms with Crippen LogP contribution >= 0.6 is 11.8 Å². The lowest BCUT2D eigenvalue weighted by atomic mass is 9.80. The Kier molecular flexibility index (Phi) is 4.78. The second kappa shape index (κ2) is 6.12. The van der Waals surface area contributed by atoms with Crippen molar-refractivity contribution in [2.24, 2.45) is 16.8 Å². The first kappa shape index (κ1) is 13.3. The van der Waals surface area contributed by atoms with E-state index < -0.39 is 0 Å². The first-order chi connectivity index (χ1) is 8.15. The molecule has 2 aliphatic rings. The molecule has 0 radical (unpaired) electrons. The molecule has 4 unspecified atom stereocenters. The molecular formula is C14H26N2S. The fourth-order valence-electron chi connectivity index (χ4n) is 2.99. The zero-order valence-corrected chi connectivity index (χ0v) is 12.2. The van der Waals surface area contributed by atoms with Crippen molar-refractivity contribution < 1.29 is 0 Å². The van der Waals surface area contributed by atoms with Gasteiger partial charge in [0.15, 0.2) is 5.17 Å². The van der Waals surface area contributed by atoms with Crippen molar-refractivity contribution in [3.05, 3.63) is 0 Å². The minimum absolute atomic E-state index is 0.591. The summed E-state index contributed by atoms with van der Waals surface area (Å²) in [6, 6.07) is 0.591. The van der Waals surface area contributed by atoms with Crippen molar-refractivity contribution in [2.45, 2.75) is 64.2 Å². The van der Waals surface area contributed by atoms with Gasteiger partial charge in [-0.2, -0.15) is 0 Å². The highest BCUT2D eigenvalue weighted by Crippen LogP contribution is 2.30. The molecule has 0 spiro atoms. The molecule has 0 bridgehead atoms. The normalized spacial score (nSPS) is 41.2. The van der Waals surface area contributed by atoms with Gasteiger partial charge in [-0.1, -0.05) is 44.9 Å². The van der Waals surface area contributed by atoms with Crippen LogP contribution in [0.1, 0.15) is 52.9 Å². The van der Waals surface area contributed by atoms with Crippen LogP contribution in [-0.2, 0) is 0 Å². The Hall–Kier alpha value is -0.180. The van der Waals surface area contributed by atoms with Gasteiger partial charge in [-0.15, -0.1) is 0 Å². The fraction of sp³-hybridized carbons (Fsp3) is 0.929. The first-order valence-electron chi connectivity index (χ1n) is 7.12. The summed E-state index contributed by atoms with van der Waals surface area (Å²) in [5, 5.41) is 5.42. The zero-order chi connectivity index (χ0) is 12.3. The topological polar surface area (TPSA) is 24.4 Å². The van der Waals surface area contributed by atoms with Gasteiger partial charge < -0.3 is 5.32 Å². The third-order valence-corrected chi connectivity index (χ3v) is 5.19. The fourth-order valence-corrected chi connectivity index (χ4v) is 4.17. The van der Waals surface area contributed by atoms with Gasteiger partial charge in [-0.3, -0.25) is 4.99 Å². The van der Waals surface area contributed by atoms with Gasteiger partial charge in [0.1, 0.15) is 0 Å². The second-order valence-electron chi connectivity index (χ2n) is 5.88. The van der Waals surface area contributed by atoms with Gasteiger partial charge in [0.2, 0.25) is 0 Å². The molecule has 1 heterocycles. The molecule has 2 nitrogen and oxygen atoms in total. The highest BCUT2D eigenvalue weighted by Gasteiger charge is 2.23. The van der Waals surface area contributed by atoms with E-state index >= 15 is 0 Å². The highest BCUT2D eigenvalue weighted by molar-refractivity contribution is 8.14. The van der Waals surface area contributed by atoms with Crippen LogP contribution < -0.4 is 5.32 Å². The molecule has 17 heavy (non-hydrogen) atoms. The summed E-state index contributed by atoms with van der Waals surface area (Å²) in [6.07, 6.45) is 6.88. The van der Waals surface area contributed by atoms with E-state index in [2.05, 4.69) is 26.1 Å². The van der Waals surface area contributed by atoms with Crippen LogP contribution in [0.4, 0.5) is 0 Å². The molecule has 1 N–H and O–H groups in total. The lowest BCUT2D eigenvalue weighted by Crippen LogP contribution is -2.38. The maximum atomic E-state index is 4.83. The number of aliphatic imine (C=N–C) groups is 1. The maximum Gasteiger partial charge on any atom is 0.157 e. The number of amidine groups is 1. The minimum Gasteiger partial charge on any atom is -0.362 e. The number of thioether (sulfide) groups is 1. The molecule has 0 aromatic heterocycles. The molecule has 2 fully saturated rings. The van der Waals surface area contributed by atoms with Crippen LogP contribution in [0, 0.1) is 11.8 Å². The Bertz CT molecular complexity index is 265. The summed E-state index contributed by atoms with van der Waals surface area (Å²) in [5.74, 6) is 1.70. The van der Waals surface area contributed by atoms with E-state index in [1.807, 2.05) is 11.8 Å². The predicted molar refractivity (Wildman–Crippen MR) is 77.7 cm³/mol. The number of hydrogen-bond acceptors (Lipinski definition) is 2. The number of nitrogens with zero attached hydrogens (tertiary/aromatic N) is 1. The smallest absolute Gasteiger partial charge is 0.157 e. The molecule has 4 atom stereocenters. The van der Waals surface area contributed by atoms with Crippen molar-refractivity contribution in [3.8, 4) is 0 Å². The minimum atomic E-state index is 0.591. The van der Waals surface area contributed by atoms with Gasteiger partial charge in [0, 0.05) is 17.8 Å². The van der Waals surface area contributed by atoms with Crippen molar-refractivity contribution >= 4 is 16.9 Å². The lowest BCUT2D eigenvalue weighted by Gasteiger charge is -2.29. The number of nitrogens with one attached hydrogen (secondary N) is 1. The SMILES string of the molecule is CC1CC(C)SC(=NCC2CCCCC2C)N1. The standard InChI is InChI=1S/C14H26N2S/c1-10-6-4-5-7-13(10)9-15-14-16-11(2)8-12(3)17-14/h10-13H,4-9H2,1-3H3,(H,15,16). The van der Waals surface area contributed by atoms with Crippen molar-refractivity contribution in [1.29, 1.82) is 0 Å². The number of rotatable bonds is 2. The summed E-state index contributed by atoms with van der Waals surface area (Å²) >= 11 is 1.92. The molecule has 1 saturated heterocycles. The second-order valence-corrected chi connectivity index (χ2v) is 7.30. The first-order valence-corrected chi connectivity index (χ1v) is 8.00. The maximum absolute atomic E-state index is 4.83.